The number of hydrogen-bond acceptors (Lipinski definition) is 3. The van der Waals surface area contributed by atoms with Crippen LogP contribution in [0.5, 0.6) is 0 Å². The lowest BCUT2D eigenvalue weighted by Gasteiger charge is -2.54. The molecule has 0 aromatic rings. The molecule has 4 unspecified atom stereocenters. The van der Waals surface area contributed by atoms with E-state index in [0.29, 0.717) is 23.6 Å². The third kappa shape index (κ3) is 4.94. The minimum Gasteiger partial charge on any atom is -0.378 e. The molecule has 0 heterocycles. The number of aliphatic imine (C=N–C) groups is 1. The second kappa shape index (κ2) is 10.5. The van der Waals surface area contributed by atoms with Gasteiger partial charge in [-0.15, -0.1) is 24.0 Å². The summed E-state index contributed by atoms with van der Waals surface area (Å²) in [6, 6.07) is 0.770. The van der Waals surface area contributed by atoms with E-state index in [1.54, 1.807) is 4.90 Å². The van der Waals surface area contributed by atoms with E-state index in [1.807, 2.05) is 21.1 Å². The molecule has 2 N–H and O–H groups in total. The SMILES string of the molecule is CCOC1CC(NC(=NC)NC2CCCC(C(=O)N(C)C)C2)C12CCCC2.I. The molecule has 3 rings (SSSR count). The number of ether oxygens (including phenoxy) is 1. The number of hydrogen-bond donors (Lipinski definition) is 2. The van der Waals surface area contributed by atoms with Crippen LogP contribution in [-0.4, -0.2) is 62.7 Å². The van der Waals surface area contributed by atoms with Gasteiger partial charge in [0.2, 0.25) is 5.91 Å². The topological polar surface area (TPSA) is 66.0 Å². The largest absolute Gasteiger partial charge is 0.378 e. The molecule has 3 aliphatic carbocycles. The smallest absolute Gasteiger partial charge is 0.225 e. The summed E-state index contributed by atoms with van der Waals surface area (Å²) >= 11 is 0. The monoisotopic (exact) mass is 506 g/mol. The highest BCUT2D eigenvalue weighted by molar-refractivity contribution is 14.0. The van der Waals surface area contributed by atoms with Crippen molar-refractivity contribution in [2.24, 2.45) is 16.3 Å². The van der Waals surface area contributed by atoms with Crippen LogP contribution >= 0.6 is 24.0 Å². The van der Waals surface area contributed by atoms with Gasteiger partial charge in [-0.3, -0.25) is 9.79 Å². The zero-order valence-electron chi connectivity index (χ0n) is 18.0. The molecule has 0 bridgehead atoms. The number of amides is 1. The molecule has 3 saturated carbocycles. The summed E-state index contributed by atoms with van der Waals surface area (Å²) in [5.41, 5.74) is 0.295. The van der Waals surface area contributed by atoms with Crippen LogP contribution < -0.4 is 10.6 Å². The molecule has 0 saturated heterocycles. The predicted octanol–water partition coefficient (Wildman–Crippen LogP) is 3.15. The molecule has 0 aliphatic heterocycles. The maximum absolute atomic E-state index is 12.3. The Morgan fingerprint density at radius 2 is 1.86 bits per heavy atom. The second-order valence-corrected chi connectivity index (χ2v) is 8.83. The van der Waals surface area contributed by atoms with Gasteiger partial charge < -0.3 is 20.3 Å². The third-order valence-electron chi connectivity index (χ3n) is 7.03. The van der Waals surface area contributed by atoms with E-state index in [9.17, 15) is 4.79 Å². The minimum absolute atomic E-state index is 0. The first-order valence-corrected chi connectivity index (χ1v) is 10.8. The van der Waals surface area contributed by atoms with Crippen molar-refractivity contribution in [3.8, 4) is 0 Å². The quantitative estimate of drug-likeness (QED) is 0.342. The highest BCUT2D eigenvalue weighted by Crippen LogP contribution is 2.54. The summed E-state index contributed by atoms with van der Waals surface area (Å²) in [6.07, 6.45) is 10.7. The molecule has 4 atom stereocenters. The van der Waals surface area contributed by atoms with Crippen molar-refractivity contribution in [1.82, 2.24) is 15.5 Å². The molecule has 6 nitrogen and oxygen atoms in total. The number of carbonyl (C=O) groups excluding carboxylic acids is 1. The number of carbonyl (C=O) groups is 1. The Morgan fingerprint density at radius 1 is 1.14 bits per heavy atom. The predicted molar refractivity (Wildman–Crippen MR) is 124 cm³/mol. The van der Waals surface area contributed by atoms with Crippen molar-refractivity contribution >= 4 is 35.8 Å². The molecule has 28 heavy (non-hydrogen) atoms. The number of rotatable bonds is 5. The molecular weight excluding hydrogens is 467 g/mol. The molecule has 7 heteroatoms. The second-order valence-electron chi connectivity index (χ2n) is 8.83. The third-order valence-corrected chi connectivity index (χ3v) is 7.03. The first-order valence-electron chi connectivity index (χ1n) is 10.8. The first-order chi connectivity index (χ1) is 13.0. The lowest BCUT2D eigenvalue weighted by atomic mass is 9.60. The van der Waals surface area contributed by atoms with Crippen LogP contribution in [-0.2, 0) is 9.53 Å². The Balaban J connectivity index is 0.00000280. The minimum atomic E-state index is 0. The van der Waals surface area contributed by atoms with Gasteiger partial charge in [0.25, 0.3) is 0 Å². The lowest BCUT2D eigenvalue weighted by Crippen LogP contribution is -2.65. The van der Waals surface area contributed by atoms with Crippen molar-refractivity contribution in [3.63, 3.8) is 0 Å². The molecule has 162 valence electrons. The Hall–Kier alpha value is -0.570. The van der Waals surface area contributed by atoms with Gasteiger partial charge in [0.1, 0.15) is 0 Å². The zero-order chi connectivity index (χ0) is 19.4. The van der Waals surface area contributed by atoms with Gasteiger partial charge in [0.05, 0.1) is 6.10 Å². The van der Waals surface area contributed by atoms with Crippen LogP contribution in [0.25, 0.3) is 0 Å². The van der Waals surface area contributed by atoms with Crippen molar-refractivity contribution in [3.05, 3.63) is 0 Å². The van der Waals surface area contributed by atoms with E-state index in [0.717, 1.165) is 44.7 Å². The first kappa shape index (κ1) is 23.7. The van der Waals surface area contributed by atoms with Crippen molar-refractivity contribution < 1.29 is 9.53 Å². The molecule has 0 aromatic heterocycles. The summed E-state index contributed by atoms with van der Waals surface area (Å²) in [7, 11) is 5.55. The molecule has 1 amide bonds. The highest BCUT2D eigenvalue weighted by Gasteiger charge is 2.57. The fourth-order valence-corrected chi connectivity index (χ4v) is 5.53. The van der Waals surface area contributed by atoms with Crippen molar-refractivity contribution in [2.75, 3.05) is 27.7 Å². The number of nitrogens with one attached hydrogen (secondary N) is 2. The van der Waals surface area contributed by atoms with E-state index in [4.69, 9.17) is 4.74 Å². The molecular formula is C21H39IN4O2. The van der Waals surface area contributed by atoms with E-state index in [-0.39, 0.29) is 35.8 Å². The van der Waals surface area contributed by atoms with Gasteiger partial charge in [0, 0.05) is 51.2 Å². The van der Waals surface area contributed by atoms with E-state index >= 15 is 0 Å². The zero-order valence-corrected chi connectivity index (χ0v) is 20.3. The van der Waals surface area contributed by atoms with Crippen molar-refractivity contribution in [1.29, 1.82) is 0 Å². The number of nitrogens with zero attached hydrogens (tertiary/aromatic N) is 2. The van der Waals surface area contributed by atoms with Crippen molar-refractivity contribution in [2.45, 2.75) is 82.9 Å². The van der Waals surface area contributed by atoms with Crippen LogP contribution in [0.4, 0.5) is 0 Å². The summed E-state index contributed by atoms with van der Waals surface area (Å²) in [5.74, 6) is 1.29. The highest BCUT2D eigenvalue weighted by atomic mass is 127. The number of halogens is 1. The standard InChI is InChI=1S/C21H38N4O2.HI/c1-5-27-18-14-17(21(18)11-6-7-12-21)24-20(22-2)23-16-10-8-9-15(13-16)19(26)25(3)4;/h15-18H,5-14H2,1-4H3,(H2,22,23,24);1H. The van der Waals surface area contributed by atoms with Gasteiger partial charge in [0.15, 0.2) is 5.96 Å². The van der Waals surface area contributed by atoms with Crippen LogP contribution in [0.1, 0.15) is 64.7 Å². The maximum atomic E-state index is 12.3. The van der Waals surface area contributed by atoms with Crippen LogP contribution in [0, 0.1) is 11.3 Å². The molecule has 0 aromatic carbocycles. The van der Waals surface area contributed by atoms with Gasteiger partial charge in [-0.05, 0) is 45.4 Å². The summed E-state index contributed by atoms with van der Waals surface area (Å²) in [6.45, 7) is 2.90. The average Bonchev–Trinajstić information content (AvgIpc) is 3.19. The van der Waals surface area contributed by atoms with E-state index in [2.05, 4.69) is 22.5 Å². The normalized spacial score (nSPS) is 31.6. The van der Waals surface area contributed by atoms with Crippen LogP contribution in [0.2, 0.25) is 0 Å². The fourth-order valence-electron chi connectivity index (χ4n) is 5.53. The molecule has 0 radical (unpaired) electrons. The van der Waals surface area contributed by atoms with E-state index in [1.165, 1.54) is 25.7 Å². The Kier molecular flexibility index (Phi) is 8.85. The Bertz CT molecular complexity index is 549. The Morgan fingerprint density at radius 3 is 2.46 bits per heavy atom. The molecule has 1 spiro atoms. The molecule has 3 aliphatic rings. The van der Waals surface area contributed by atoms with Gasteiger partial charge in [-0.25, -0.2) is 0 Å². The van der Waals surface area contributed by atoms with Gasteiger partial charge in [-0.1, -0.05) is 19.3 Å². The van der Waals surface area contributed by atoms with E-state index < -0.39 is 0 Å². The summed E-state index contributed by atoms with van der Waals surface area (Å²) in [5, 5.41) is 7.31. The van der Waals surface area contributed by atoms with Gasteiger partial charge >= 0.3 is 0 Å². The average molecular weight is 506 g/mol. The fraction of sp³-hybridized carbons (Fsp3) is 0.905. The van der Waals surface area contributed by atoms with Gasteiger partial charge in [-0.2, -0.15) is 0 Å². The molecule has 3 fully saturated rings. The maximum Gasteiger partial charge on any atom is 0.225 e. The lowest BCUT2D eigenvalue weighted by molar-refractivity contribution is -0.134. The summed E-state index contributed by atoms with van der Waals surface area (Å²) < 4.78 is 6.03. The number of guanidine groups is 1. The summed E-state index contributed by atoms with van der Waals surface area (Å²) in [4.78, 5) is 18.6. The van der Waals surface area contributed by atoms with Crippen LogP contribution in [0.15, 0.2) is 4.99 Å². The Labute approximate surface area is 187 Å². The van der Waals surface area contributed by atoms with Crippen LogP contribution in [0.3, 0.4) is 0 Å².